The molecule has 0 amide bonds. The molecule has 5 heteroatoms. The molecule has 1 aliphatic carbocycles. The van der Waals surface area contributed by atoms with Crippen LogP contribution in [0.2, 0.25) is 0 Å². The Kier molecular flexibility index (Phi) is 4.13. The maximum Gasteiger partial charge on any atom is 0.141 e. The normalized spacial score (nSPS) is 22.7. The topological polar surface area (TPSA) is 41.0 Å². The van der Waals surface area contributed by atoms with E-state index in [1.807, 2.05) is 0 Å². The lowest BCUT2D eigenvalue weighted by molar-refractivity contribution is 0.351. The van der Waals surface area contributed by atoms with Gasteiger partial charge in [-0.3, -0.25) is 0 Å². The molecule has 4 nitrogen and oxygen atoms in total. The number of rotatable bonds is 3. The molecule has 0 atom stereocenters. The van der Waals surface area contributed by atoms with Crippen LogP contribution in [-0.2, 0) is 0 Å². The first kappa shape index (κ1) is 14.7. The van der Waals surface area contributed by atoms with Gasteiger partial charge in [-0.05, 0) is 52.1 Å². The number of nitrogens with one attached hydrogen (secondary N) is 1. The van der Waals surface area contributed by atoms with E-state index in [2.05, 4.69) is 48.1 Å². The zero-order valence-electron chi connectivity index (χ0n) is 13.3. The van der Waals surface area contributed by atoms with E-state index < -0.39 is 0 Å². The van der Waals surface area contributed by atoms with Crippen LogP contribution in [0.1, 0.15) is 36.1 Å². The molecule has 1 saturated carbocycles. The van der Waals surface area contributed by atoms with Crippen molar-refractivity contribution in [3.05, 3.63) is 16.8 Å². The Morgan fingerprint density at radius 2 is 1.90 bits per heavy atom. The Labute approximate surface area is 130 Å². The number of nitrogens with zero attached hydrogens (tertiary/aromatic N) is 3. The number of hydrogen-bond donors (Lipinski definition) is 1. The molecule has 21 heavy (non-hydrogen) atoms. The van der Waals surface area contributed by atoms with Crippen LogP contribution < -0.4 is 10.2 Å². The Morgan fingerprint density at radius 3 is 2.57 bits per heavy atom. The molecule has 1 fully saturated rings. The maximum absolute atomic E-state index is 4.60. The van der Waals surface area contributed by atoms with E-state index in [9.17, 15) is 0 Å². The Morgan fingerprint density at radius 1 is 1.19 bits per heavy atom. The van der Waals surface area contributed by atoms with E-state index in [0.717, 1.165) is 10.6 Å². The summed E-state index contributed by atoms with van der Waals surface area (Å²) >= 11 is 1.77. The van der Waals surface area contributed by atoms with E-state index in [4.69, 9.17) is 0 Å². The minimum atomic E-state index is 0.590. The third kappa shape index (κ3) is 2.64. The zero-order valence-corrected chi connectivity index (χ0v) is 14.1. The number of aryl methyl sites for hydroxylation is 2. The van der Waals surface area contributed by atoms with E-state index in [0.29, 0.717) is 12.1 Å². The van der Waals surface area contributed by atoms with Crippen LogP contribution in [0.5, 0.6) is 0 Å². The summed E-state index contributed by atoms with van der Waals surface area (Å²) in [6.45, 7) is 4.36. The molecule has 114 valence electrons. The lowest BCUT2D eigenvalue weighted by atomic mass is 9.90. The van der Waals surface area contributed by atoms with Crippen LogP contribution in [0, 0.1) is 13.8 Å². The fraction of sp³-hybridized carbons (Fsp3) is 0.625. The summed E-state index contributed by atoms with van der Waals surface area (Å²) in [4.78, 5) is 13.9. The van der Waals surface area contributed by atoms with Gasteiger partial charge < -0.3 is 10.2 Å². The monoisotopic (exact) mass is 304 g/mol. The highest BCUT2D eigenvalue weighted by Gasteiger charge is 2.25. The third-order valence-corrected chi connectivity index (χ3v) is 6.05. The molecule has 1 N–H and O–H groups in total. The van der Waals surface area contributed by atoms with Crippen LogP contribution in [0.25, 0.3) is 10.2 Å². The van der Waals surface area contributed by atoms with E-state index >= 15 is 0 Å². The number of thiophene rings is 1. The first-order valence-corrected chi connectivity index (χ1v) is 8.54. The Hall–Kier alpha value is -1.20. The molecule has 3 rings (SSSR count). The summed E-state index contributed by atoms with van der Waals surface area (Å²) in [6, 6.07) is 1.28. The molecule has 0 aromatic carbocycles. The van der Waals surface area contributed by atoms with Crippen molar-refractivity contribution in [1.29, 1.82) is 0 Å². The van der Waals surface area contributed by atoms with Gasteiger partial charge in [-0.25, -0.2) is 9.97 Å². The predicted octanol–water partition coefficient (Wildman–Crippen LogP) is 3.27. The van der Waals surface area contributed by atoms with Gasteiger partial charge in [-0.2, -0.15) is 0 Å². The van der Waals surface area contributed by atoms with Crippen molar-refractivity contribution in [1.82, 2.24) is 15.3 Å². The molecule has 0 saturated heterocycles. The minimum Gasteiger partial charge on any atom is -0.356 e. The second-order valence-electron chi connectivity index (χ2n) is 6.07. The summed E-state index contributed by atoms with van der Waals surface area (Å²) in [5.41, 5.74) is 1.33. The lowest BCUT2D eigenvalue weighted by Gasteiger charge is -2.35. The van der Waals surface area contributed by atoms with Gasteiger partial charge in [0.05, 0.1) is 5.39 Å². The van der Waals surface area contributed by atoms with E-state index in [1.54, 1.807) is 17.7 Å². The molecule has 2 aromatic rings. The van der Waals surface area contributed by atoms with Crippen LogP contribution in [0.4, 0.5) is 5.82 Å². The summed E-state index contributed by atoms with van der Waals surface area (Å²) in [6.07, 6.45) is 6.68. The van der Waals surface area contributed by atoms with E-state index in [1.165, 1.54) is 41.5 Å². The molecule has 0 aliphatic heterocycles. The Balaban J connectivity index is 1.90. The van der Waals surface area contributed by atoms with Gasteiger partial charge in [-0.15, -0.1) is 11.3 Å². The molecule has 0 bridgehead atoms. The summed E-state index contributed by atoms with van der Waals surface area (Å²) < 4.78 is 0. The maximum atomic E-state index is 4.60. The van der Waals surface area contributed by atoms with Crippen LogP contribution in [0.15, 0.2) is 6.33 Å². The van der Waals surface area contributed by atoms with Gasteiger partial charge >= 0.3 is 0 Å². The van der Waals surface area contributed by atoms with Gasteiger partial charge in [0, 0.05) is 24.0 Å². The van der Waals surface area contributed by atoms with Crippen molar-refractivity contribution >= 4 is 27.4 Å². The number of aromatic nitrogens is 2. The van der Waals surface area contributed by atoms with Gasteiger partial charge in [0.1, 0.15) is 17.0 Å². The molecule has 0 radical (unpaired) electrons. The second-order valence-corrected chi connectivity index (χ2v) is 7.27. The average Bonchev–Trinajstić information content (AvgIpc) is 2.81. The number of anilines is 1. The smallest absolute Gasteiger partial charge is 0.141 e. The molecular formula is C16H24N4S. The number of fused-ring (bicyclic) bond motifs is 1. The van der Waals surface area contributed by atoms with Crippen molar-refractivity contribution in [2.45, 2.75) is 51.6 Å². The summed E-state index contributed by atoms with van der Waals surface area (Å²) in [7, 11) is 4.26. The van der Waals surface area contributed by atoms with Crippen molar-refractivity contribution in [2.75, 3.05) is 19.0 Å². The van der Waals surface area contributed by atoms with Gasteiger partial charge in [-0.1, -0.05) is 0 Å². The fourth-order valence-electron chi connectivity index (χ4n) is 3.36. The van der Waals surface area contributed by atoms with Crippen molar-refractivity contribution in [3.63, 3.8) is 0 Å². The largest absolute Gasteiger partial charge is 0.356 e. The zero-order chi connectivity index (χ0) is 15.0. The molecule has 2 aromatic heterocycles. The summed E-state index contributed by atoms with van der Waals surface area (Å²) in [5, 5.41) is 4.65. The fourth-order valence-corrected chi connectivity index (χ4v) is 4.35. The third-order valence-electron chi connectivity index (χ3n) is 4.93. The molecule has 0 unspecified atom stereocenters. The van der Waals surface area contributed by atoms with Crippen LogP contribution in [0.3, 0.4) is 0 Å². The SMILES string of the molecule is CNC1CCC(N(C)c2ncnc3sc(C)c(C)c23)CC1. The second kappa shape index (κ2) is 5.89. The van der Waals surface area contributed by atoms with Gasteiger partial charge in [0.2, 0.25) is 0 Å². The first-order chi connectivity index (χ1) is 10.1. The summed E-state index contributed by atoms with van der Waals surface area (Å²) in [5.74, 6) is 1.11. The van der Waals surface area contributed by atoms with Crippen molar-refractivity contribution < 1.29 is 0 Å². The standard InChI is InChI=1S/C16H24N4S/c1-10-11(2)21-16-14(10)15(18-9-19-16)20(4)13-7-5-12(17-3)6-8-13/h9,12-13,17H,5-8H2,1-4H3. The van der Waals surface area contributed by atoms with Crippen molar-refractivity contribution in [3.8, 4) is 0 Å². The van der Waals surface area contributed by atoms with Crippen molar-refractivity contribution in [2.24, 2.45) is 0 Å². The molecule has 0 spiro atoms. The van der Waals surface area contributed by atoms with E-state index in [-0.39, 0.29) is 0 Å². The quantitative estimate of drug-likeness (QED) is 0.945. The minimum absolute atomic E-state index is 0.590. The highest BCUT2D eigenvalue weighted by molar-refractivity contribution is 7.18. The van der Waals surface area contributed by atoms with Gasteiger partial charge in [0.15, 0.2) is 0 Å². The van der Waals surface area contributed by atoms with Gasteiger partial charge in [0.25, 0.3) is 0 Å². The molecule has 2 heterocycles. The highest BCUT2D eigenvalue weighted by atomic mass is 32.1. The number of hydrogen-bond acceptors (Lipinski definition) is 5. The van der Waals surface area contributed by atoms with Crippen LogP contribution >= 0.6 is 11.3 Å². The highest BCUT2D eigenvalue weighted by Crippen LogP contribution is 2.36. The van der Waals surface area contributed by atoms with Crippen LogP contribution in [-0.4, -0.2) is 36.1 Å². The Bertz CT molecular complexity index is 628. The first-order valence-electron chi connectivity index (χ1n) is 7.72. The predicted molar refractivity (Wildman–Crippen MR) is 90.4 cm³/mol. The molecule has 1 aliphatic rings. The average molecular weight is 304 g/mol. The lowest BCUT2D eigenvalue weighted by Crippen LogP contribution is -2.40. The molecular weight excluding hydrogens is 280 g/mol.